The number of rotatable bonds is 2. The predicted octanol–water partition coefficient (Wildman–Crippen LogP) is 2.31. The van der Waals surface area contributed by atoms with Crippen molar-refractivity contribution >= 4 is 5.97 Å². The molecule has 0 amide bonds. The van der Waals surface area contributed by atoms with Gasteiger partial charge in [-0.3, -0.25) is 0 Å². The van der Waals surface area contributed by atoms with E-state index in [1.165, 1.54) is 0 Å². The molecular weight excluding hydrogens is 320 g/mol. The number of carbonyl (C=O) groups is 1. The highest BCUT2D eigenvalue weighted by atomic mass is 16.7. The number of aliphatic hydroxyl groups is 1. The summed E-state index contributed by atoms with van der Waals surface area (Å²) in [6, 6.07) is 0. The van der Waals surface area contributed by atoms with E-state index in [0.717, 1.165) is 31.4 Å². The van der Waals surface area contributed by atoms with Gasteiger partial charge < -0.3 is 19.3 Å². The molecule has 0 radical (unpaired) electrons. The van der Waals surface area contributed by atoms with Gasteiger partial charge in [-0.15, -0.1) is 0 Å². The quantitative estimate of drug-likeness (QED) is 0.359. The van der Waals surface area contributed by atoms with Crippen molar-refractivity contribution < 1.29 is 24.1 Å². The van der Waals surface area contributed by atoms with Gasteiger partial charge in [-0.1, -0.05) is 30.4 Å². The summed E-state index contributed by atoms with van der Waals surface area (Å²) >= 11 is 0. The first kappa shape index (κ1) is 17.0. The van der Waals surface area contributed by atoms with Crippen molar-refractivity contribution in [3.63, 3.8) is 0 Å². The minimum Gasteiger partial charge on any atom is -0.462 e. The van der Waals surface area contributed by atoms with Crippen molar-refractivity contribution in [2.24, 2.45) is 11.8 Å². The molecule has 3 heterocycles. The Bertz CT molecular complexity index is 649. The number of esters is 1. The number of hydrogen-bond donors (Lipinski definition) is 1. The van der Waals surface area contributed by atoms with Crippen molar-refractivity contribution in [3.8, 4) is 0 Å². The van der Waals surface area contributed by atoms with Gasteiger partial charge in [0.1, 0.15) is 11.7 Å². The van der Waals surface area contributed by atoms with Crippen LogP contribution in [0.5, 0.6) is 0 Å². The lowest BCUT2D eigenvalue weighted by Crippen LogP contribution is -2.35. The maximum atomic E-state index is 12.4. The zero-order chi connectivity index (χ0) is 17.8. The third-order valence-corrected chi connectivity index (χ3v) is 5.78. The molecule has 5 atom stereocenters. The predicted molar refractivity (Wildman–Crippen MR) is 91.8 cm³/mol. The van der Waals surface area contributed by atoms with E-state index in [-0.39, 0.29) is 35.6 Å². The van der Waals surface area contributed by atoms with Crippen molar-refractivity contribution in [2.45, 2.75) is 56.5 Å². The van der Waals surface area contributed by atoms with Crippen LogP contribution in [0.15, 0.2) is 36.0 Å². The summed E-state index contributed by atoms with van der Waals surface area (Å²) in [6.45, 7) is 8.81. The fourth-order valence-electron chi connectivity index (χ4n) is 4.19. The lowest BCUT2D eigenvalue weighted by molar-refractivity contribution is -0.144. The van der Waals surface area contributed by atoms with E-state index in [9.17, 15) is 9.90 Å². The van der Waals surface area contributed by atoms with E-state index in [1.54, 1.807) is 32.1 Å². The molecule has 0 unspecified atom stereocenters. The smallest absolute Gasteiger partial charge is 0.334 e. The van der Waals surface area contributed by atoms with E-state index in [0.29, 0.717) is 12.2 Å². The summed E-state index contributed by atoms with van der Waals surface area (Å²) in [5, 5.41) is 9.84. The van der Waals surface area contributed by atoms with E-state index in [2.05, 4.69) is 6.58 Å². The number of cyclic esters (lactones) is 1. The number of carbonyl (C=O) groups excluding carboxylic acids is 1. The number of fused-ring (bicyclic) bond motifs is 3. The van der Waals surface area contributed by atoms with Crippen LogP contribution < -0.4 is 0 Å². The lowest BCUT2D eigenvalue weighted by atomic mass is 9.76. The first-order valence-corrected chi connectivity index (χ1v) is 9.05. The number of epoxide rings is 2. The Hall–Kier alpha value is -1.43. The van der Waals surface area contributed by atoms with Gasteiger partial charge in [0.05, 0.1) is 24.9 Å². The van der Waals surface area contributed by atoms with Gasteiger partial charge in [0.15, 0.2) is 0 Å². The monoisotopic (exact) mass is 346 g/mol. The second-order valence-corrected chi connectivity index (χ2v) is 8.30. The molecule has 4 aliphatic rings. The second kappa shape index (κ2) is 5.79. The first-order valence-electron chi connectivity index (χ1n) is 9.05. The third-order valence-electron chi connectivity index (χ3n) is 5.78. The van der Waals surface area contributed by atoms with Crippen LogP contribution in [0.1, 0.15) is 33.1 Å². The van der Waals surface area contributed by atoms with Gasteiger partial charge in [-0.25, -0.2) is 4.79 Å². The van der Waals surface area contributed by atoms with Crippen molar-refractivity contribution in [2.75, 3.05) is 13.2 Å². The van der Waals surface area contributed by atoms with Crippen LogP contribution >= 0.6 is 0 Å². The summed E-state index contributed by atoms with van der Waals surface area (Å²) in [4.78, 5) is 12.4. The average molecular weight is 346 g/mol. The van der Waals surface area contributed by atoms with Crippen LogP contribution in [0.4, 0.5) is 0 Å². The van der Waals surface area contributed by atoms with E-state index >= 15 is 0 Å². The molecule has 25 heavy (non-hydrogen) atoms. The van der Waals surface area contributed by atoms with Crippen LogP contribution in [0, 0.1) is 11.8 Å². The maximum absolute atomic E-state index is 12.4. The van der Waals surface area contributed by atoms with Crippen LogP contribution in [-0.4, -0.2) is 47.7 Å². The zero-order valence-corrected chi connectivity index (χ0v) is 14.9. The van der Waals surface area contributed by atoms with E-state index in [4.69, 9.17) is 14.2 Å². The highest BCUT2D eigenvalue weighted by Gasteiger charge is 2.64. The zero-order valence-electron chi connectivity index (χ0n) is 14.9. The van der Waals surface area contributed by atoms with Crippen molar-refractivity contribution in [1.82, 2.24) is 0 Å². The Morgan fingerprint density at radius 2 is 2.12 bits per heavy atom. The molecular formula is C20H26O5. The molecule has 1 aliphatic carbocycles. The van der Waals surface area contributed by atoms with Crippen LogP contribution in [0.25, 0.3) is 0 Å². The highest BCUT2D eigenvalue weighted by Crippen LogP contribution is 2.52. The molecule has 0 aromatic rings. The largest absolute Gasteiger partial charge is 0.462 e. The molecule has 3 saturated heterocycles. The number of ether oxygens (including phenoxy) is 3. The summed E-state index contributed by atoms with van der Waals surface area (Å²) in [6.07, 6.45) is 8.16. The Kier molecular flexibility index (Phi) is 3.94. The van der Waals surface area contributed by atoms with Crippen molar-refractivity contribution in [3.05, 3.63) is 36.0 Å². The molecule has 3 aliphatic heterocycles. The number of hydrogen-bond acceptors (Lipinski definition) is 5. The highest BCUT2D eigenvalue weighted by molar-refractivity contribution is 5.90. The standard InChI is InChI=1S/C20H26O5/c1-12-9-16-17(25-16)20(11-24-20)8-6-13-14(5-4-7-19(2,3)22)18(21)23-10-15(12)13/h4-5,7,13,15-17,22H,1,6,8-11H2,2-3H3/b7-4+,14-5+/t13-,15+,16-,17-,20-/m1/s1. The Morgan fingerprint density at radius 1 is 1.36 bits per heavy atom. The second-order valence-electron chi connectivity index (χ2n) is 8.30. The average Bonchev–Trinajstić information content (AvgIpc) is 3.41. The molecule has 1 saturated carbocycles. The molecule has 4 fully saturated rings. The Labute approximate surface area is 148 Å². The van der Waals surface area contributed by atoms with Gasteiger partial charge in [0, 0.05) is 17.4 Å². The summed E-state index contributed by atoms with van der Waals surface area (Å²) in [7, 11) is 0. The molecule has 1 N–H and O–H groups in total. The normalized spacial score (nSPS) is 42.4. The van der Waals surface area contributed by atoms with E-state index in [1.807, 2.05) is 0 Å². The molecule has 0 aromatic carbocycles. The molecule has 0 aromatic heterocycles. The minimum atomic E-state index is -0.915. The molecule has 5 heteroatoms. The number of allylic oxidation sites excluding steroid dienone is 2. The summed E-state index contributed by atoms with van der Waals surface area (Å²) in [5.41, 5.74) is 0.710. The fourth-order valence-corrected chi connectivity index (χ4v) is 4.19. The summed E-state index contributed by atoms with van der Waals surface area (Å²) in [5.74, 6) is -0.0575. The lowest BCUT2D eigenvalue weighted by Gasteiger charge is -2.34. The molecule has 4 rings (SSSR count). The topological polar surface area (TPSA) is 71.6 Å². The Balaban J connectivity index is 1.61. The fraction of sp³-hybridized carbons (Fsp3) is 0.650. The van der Waals surface area contributed by atoms with Gasteiger partial charge in [0.2, 0.25) is 0 Å². The van der Waals surface area contributed by atoms with Crippen LogP contribution in [-0.2, 0) is 19.0 Å². The minimum absolute atomic E-state index is 0.0822. The van der Waals surface area contributed by atoms with Crippen LogP contribution in [0.3, 0.4) is 0 Å². The molecule has 5 nitrogen and oxygen atoms in total. The van der Waals surface area contributed by atoms with Gasteiger partial charge in [-0.2, -0.15) is 0 Å². The Morgan fingerprint density at radius 3 is 2.80 bits per heavy atom. The molecule has 136 valence electrons. The van der Waals surface area contributed by atoms with Crippen LogP contribution in [0.2, 0.25) is 0 Å². The first-order chi connectivity index (χ1) is 11.8. The van der Waals surface area contributed by atoms with Crippen molar-refractivity contribution in [1.29, 1.82) is 0 Å². The van der Waals surface area contributed by atoms with Gasteiger partial charge in [-0.05, 0) is 33.1 Å². The summed E-state index contributed by atoms with van der Waals surface area (Å²) < 4.78 is 17.0. The third kappa shape index (κ3) is 3.33. The van der Waals surface area contributed by atoms with Gasteiger partial charge >= 0.3 is 5.97 Å². The molecule has 0 bridgehead atoms. The van der Waals surface area contributed by atoms with Gasteiger partial charge in [0.25, 0.3) is 0 Å². The maximum Gasteiger partial charge on any atom is 0.334 e. The molecule has 1 spiro atoms. The SMILES string of the molecule is C=C1C[C@H]2O[C@H]2[C@@]2(CC[C@@H]3/C(=C\C=C\C(C)(C)O)C(=O)OC[C@@H]13)CO2. The van der Waals surface area contributed by atoms with E-state index < -0.39 is 5.60 Å².